The second-order valence-electron chi connectivity index (χ2n) is 3.96. The minimum Gasteiger partial charge on any atom is -0.399 e. The fourth-order valence-electron chi connectivity index (χ4n) is 1.19. The molecule has 0 radical (unpaired) electrons. The quantitative estimate of drug-likeness (QED) is 0.713. The molecule has 0 spiro atoms. The lowest BCUT2D eigenvalue weighted by atomic mass is 10.0. The van der Waals surface area contributed by atoms with Gasteiger partial charge in [0.2, 0.25) is 0 Å². The molecule has 0 aliphatic heterocycles. The monoisotopic (exact) mass is 181 g/mol. The molecule has 1 aromatic carbocycles. The van der Waals surface area contributed by atoms with Crippen molar-refractivity contribution >= 4 is 5.69 Å². The van der Waals surface area contributed by atoms with Crippen molar-refractivity contribution in [3.05, 3.63) is 29.8 Å². The minimum absolute atomic E-state index is 0.538. The van der Waals surface area contributed by atoms with E-state index in [4.69, 9.17) is 5.73 Å². The molecule has 13 heavy (non-hydrogen) atoms. The van der Waals surface area contributed by atoms with Crippen LogP contribution in [0.5, 0.6) is 0 Å². The average molecular weight is 181 g/mol. The van der Waals surface area contributed by atoms with Crippen molar-refractivity contribution in [2.75, 3.05) is 5.73 Å². The highest BCUT2D eigenvalue weighted by Gasteiger charge is 2.14. The van der Waals surface area contributed by atoms with Gasteiger partial charge in [0.05, 0.1) is 0 Å². The molecular weight excluding hydrogens is 165 g/mol. The van der Waals surface area contributed by atoms with Gasteiger partial charge in [0.1, 0.15) is 5.67 Å². The maximum absolute atomic E-state index is 13.1. The molecular formula is C11H16FN. The zero-order valence-corrected chi connectivity index (χ0v) is 8.18. The number of benzene rings is 1. The molecule has 1 nitrogen and oxygen atoms in total. The Morgan fingerprint density at radius 1 is 1.38 bits per heavy atom. The van der Waals surface area contributed by atoms with E-state index >= 15 is 0 Å². The summed E-state index contributed by atoms with van der Waals surface area (Å²) < 4.78 is 13.1. The smallest absolute Gasteiger partial charge is 0.105 e. The molecule has 0 saturated carbocycles. The number of aryl methyl sites for hydroxylation is 1. The van der Waals surface area contributed by atoms with Crippen molar-refractivity contribution in [1.82, 2.24) is 0 Å². The number of alkyl halides is 1. The highest BCUT2D eigenvalue weighted by atomic mass is 19.1. The molecule has 0 heterocycles. The summed E-state index contributed by atoms with van der Waals surface area (Å²) in [5.41, 5.74) is 6.36. The summed E-state index contributed by atoms with van der Waals surface area (Å²) in [5.74, 6) is 0. The Morgan fingerprint density at radius 3 is 2.62 bits per heavy atom. The van der Waals surface area contributed by atoms with Crippen LogP contribution in [0.4, 0.5) is 10.1 Å². The van der Waals surface area contributed by atoms with Gasteiger partial charge in [-0.1, -0.05) is 12.1 Å². The SMILES string of the molecule is CC(C)(F)CCc1cccc(N)c1. The van der Waals surface area contributed by atoms with Gasteiger partial charge in [-0.3, -0.25) is 0 Å². The Hall–Kier alpha value is -1.05. The van der Waals surface area contributed by atoms with Crippen LogP contribution in [0, 0.1) is 0 Å². The van der Waals surface area contributed by atoms with E-state index in [1.54, 1.807) is 13.8 Å². The van der Waals surface area contributed by atoms with Crippen LogP contribution in [0.15, 0.2) is 24.3 Å². The first kappa shape index (κ1) is 10.0. The second-order valence-corrected chi connectivity index (χ2v) is 3.96. The van der Waals surface area contributed by atoms with Gasteiger partial charge < -0.3 is 5.73 Å². The summed E-state index contributed by atoms with van der Waals surface area (Å²) in [7, 11) is 0. The maximum Gasteiger partial charge on any atom is 0.105 e. The minimum atomic E-state index is -1.09. The van der Waals surface area contributed by atoms with Crippen molar-refractivity contribution in [2.24, 2.45) is 0 Å². The topological polar surface area (TPSA) is 26.0 Å². The van der Waals surface area contributed by atoms with Gasteiger partial charge in [0, 0.05) is 5.69 Å². The van der Waals surface area contributed by atoms with E-state index in [9.17, 15) is 4.39 Å². The highest BCUT2D eigenvalue weighted by molar-refractivity contribution is 5.40. The van der Waals surface area contributed by atoms with Gasteiger partial charge in [-0.05, 0) is 44.4 Å². The third-order valence-electron chi connectivity index (χ3n) is 1.96. The Balaban J connectivity index is 2.55. The molecule has 2 N–H and O–H groups in total. The van der Waals surface area contributed by atoms with Crippen LogP contribution < -0.4 is 5.73 Å². The highest BCUT2D eigenvalue weighted by Crippen LogP contribution is 2.18. The largest absolute Gasteiger partial charge is 0.399 e. The first-order chi connectivity index (χ1) is 5.97. The maximum atomic E-state index is 13.1. The molecule has 1 aromatic rings. The summed E-state index contributed by atoms with van der Waals surface area (Å²) in [5, 5.41) is 0. The molecule has 0 aliphatic carbocycles. The first-order valence-electron chi connectivity index (χ1n) is 4.51. The molecule has 1 rings (SSSR count). The van der Waals surface area contributed by atoms with Gasteiger partial charge in [-0.25, -0.2) is 4.39 Å². The number of anilines is 1. The first-order valence-corrected chi connectivity index (χ1v) is 4.51. The van der Waals surface area contributed by atoms with E-state index in [0.29, 0.717) is 6.42 Å². The molecule has 0 amide bonds. The van der Waals surface area contributed by atoms with Crippen molar-refractivity contribution in [1.29, 1.82) is 0 Å². The van der Waals surface area contributed by atoms with Crippen molar-refractivity contribution in [3.63, 3.8) is 0 Å². The van der Waals surface area contributed by atoms with Crippen LogP contribution in [0.25, 0.3) is 0 Å². The van der Waals surface area contributed by atoms with Crippen molar-refractivity contribution in [2.45, 2.75) is 32.4 Å². The van der Waals surface area contributed by atoms with E-state index in [0.717, 1.165) is 17.7 Å². The lowest BCUT2D eigenvalue weighted by Crippen LogP contribution is -2.12. The van der Waals surface area contributed by atoms with Gasteiger partial charge in [0.25, 0.3) is 0 Å². The number of nitrogens with two attached hydrogens (primary N) is 1. The second kappa shape index (κ2) is 3.77. The van der Waals surface area contributed by atoms with E-state index in [-0.39, 0.29) is 0 Å². The lowest BCUT2D eigenvalue weighted by molar-refractivity contribution is 0.202. The lowest BCUT2D eigenvalue weighted by Gasteiger charge is -2.13. The Labute approximate surface area is 78.8 Å². The van der Waals surface area contributed by atoms with Crippen molar-refractivity contribution < 1.29 is 4.39 Å². The van der Waals surface area contributed by atoms with Crippen LogP contribution in [0.2, 0.25) is 0 Å². The summed E-state index contributed by atoms with van der Waals surface area (Å²) in [6, 6.07) is 7.60. The predicted octanol–water partition coefficient (Wildman–Crippen LogP) is 2.95. The Kier molecular flexibility index (Phi) is 2.91. The molecule has 0 saturated heterocycles. The molecule has 0 bridgehead atoms. The van der Waals surface area contributed by atoms with Crippen LogP contribution in [0.1, 0.15) is 25.8 Å². The van der Waals surface area contributed by atoms with E-state index in [1.807, 2.05) is 24.3 Å². The summed E-state index contributed by atoms with van der Waals surface area (Å²) in [4.78, 5) is 0. The fraction of sp³-hybridized carbons (Fsp3) is 0.455. The van der Waals surface area contributed by atoms with Crippen LogP contribution in [-0.4, -0.2) is 5.67 Å². The van der Waals surface area contributed by atoms with Gasteiger partial charge in [-0.15, -0.1) is 0 Å². The van der Waals surface area contributed by atoms with Gasteiger partial charge in [0.15, 0.2) is 0 Å². The zero-order chi connectivity index (χ0) is 9.90. The van der Waals surface area contributed by atoms with E-state index in [1.165, 1.54) is 0 Å². The molecule has 2 heteroatoms. The third kappa shape index (κ3) is 3.92. The van der Waals surface area contributed by atoms with Gasteiger partial charge in [-0.2, -0.15) is 0 Å². The number of hydrogen-bond acceptors (Lipinski definition) is 1. The summed E-state index contributed by atoms with van der Waals surface area (Å²) in [6.45, 7) is 3.19. The number of hydrogen-bond donors (Lipinski definition) is 1. The normalized spacial score (nSPS) is 11.6. The zero-order valence-electron chi connectivity index (χ0n) is 8.18. The standard InChI is InChI=1S/C11H16FN/c1-11(2,12)7-6-9-4-3-5-10(13)8-9/h3-5,8H,6-7,13H2,1-2H3. The third-order valence-corrected chi connectivity index (χ3v) is 1.96. The van der Waals surface area contributed by atoms with Crippen LogP contribution >= 0.6 is 0 Å². The summed E-state index contributed by atoms with van der Waals surface area (Å²) in [6.07, 6.45) is 1.28. The molecule has 0 fully saturated rings. The predicted molar refractivity (Wildman–Crippen MR) is 54.4 cm³/mol. The van der Waals surface area contributed by atoms with Gasteiger partial charge >= 0.3 is 0 Å². The number of nitrogen functional groups attached to an aromatic ring is 1. The van der Waals surface area contributed by atoms with Crippen LogP contribution in [0.3, 0.4) is 0 Å². The molecule has 0 aromatic heterocycles. The molecule has 0 aliphatic rings. The summed E-state index contributed by atoms with van der Waals surface area (Å²) >= 11 is 0. The molecule has 0 atom stereocenters. The number of halogens is 1. The molecule has 0 unspecified atom stereocenters. The van der Waals surface area contributed by atoms with Crippen molar-refractivity contribution in [3.8, 4) is 0 Å². The Morgan fingerprint density at radius 2 is 2.08 bits per heavy atom. The van der Waals surface area contributed by atoms with Crippen LogP contribution in [-0.2, 0) is 6.42 Å². The average Bonchev–Trinajstić information content (AvgIpc) is 2.00. The van der Waals surface area contributed by atoms with E-state index in [2.05, 4.69) is 0 Å². The fourth-order valence-corrected chi connectivity index (χ4v) is 1.19. The molecule has 72 valence electrons. The van der Waals surface area contributed by atoms with E-state index < -0.39 is 5.67 Å². The number of rotatable bonds is 3. The Bertz CT molecular complexity index is 276.